The number of carbonyl (C=O) groups excluding carboxylic acids is 1. The number of hydrogen-bond acceptors (Lipinski definition) is 3. The first-order chi connectivity index (χ1) is 9.22. The molecular formula is C15H29N3O. The van der Waals surface area contributed by atoms with Gasteiger partial charge in [-0.15, -0.1) is 0 Å². The standard InChI is InChI=1S/C15H29N3O/c1-3-4-5-8-17-15(19)12(2)18-10-13-7-6-9-16-14(13)11-18/h12-14,16H,3-11H2,1-2H3,(H,17,19). The van der Waals surface area contributed by atoms with E-state index < -0.39 is 0 Å². The highest BCUT2D eigenvalue weighted by molar-refractivity contribution is 5.81. The van der Waals surface area contributed by atoms with Crippen molar-refractivity contribution in [1.29, 1.82) is 0 Å². The minimum Gasteiger partial charge on any atom is -0.355 e. The van der Waals surface area contributed by atoms with Gasteiger partial charge in [-0.3, -0.25) is 9.69 Å². The molecule has 0 aromatic carbocycles. The second-order valence-corrected chi connectivity index (χ2v) is 6.09. The molecule has 4 heteroatoms. The number of rotatable bonds is 6. The van der Waals surface area contributed by atoms with E-state index in [1.165, 1.54) is 25.7 Å². The summed E-state index contributed by atoms with van der Waals surface area (Å²) in [5.41, 5.74) is 0. The van der Waals surface area contributed by atoms with Gasteiger partial charge in [0.25, 0.3) is 0 Å². The van der Waals surface area contributed by atoms with Crippen molar-refractivity contribution >= 4 is 5.91 Å². The lowest BCUT2D eigenvalue weighted by Gasteiger charge is -2.25. The van der Waals surface area contributed by atoms with Crippen LogP contribution in [0.2, 0.25) is 0 Å². The van der Waals surface area contributed by atoms with Crippen LogP contribution < -0.4 is 10.6 Å². The molecule has 0 aliphatic carbocycles. The van der Waals surface area contributed by atoms with Crippen LogP contribution in [0.3, 0.4) is 0 Å². The first kappa shape index (κ1) is 14.8. The van der Waals surface area contributed by atoms with Crippen molar-refractivity contribution in [3.05, 3.63) is 0 Å². The fourth-order valence-electron chi connectivity index (χ4n) is 3.30. The van der Waals surface area contributed by atoms with Crippen LogP contribution in [0.4, 0.5) is 0 Å². The van der Waals surface area contributed by atoms with E-state index in [0.29, 0.717) is 6.04 Å². The van der Waals surface area contributed by atoms with Crippen LogP contribution in [0, 0.1) is 5.92 Å². The Morgan fingerprint density at radius 2 is 2.26 bits per heavy atom. The molecule has 3 unspecified atom stereocenters. The number of likely N-dealkylation sites (tertiary alicyclic amines) is 1. The minimum absolute atomic E-state index is 0.0222. The van der Waals surface area contributed by atoms with Crippen LogP contribution in [0.15, 0.2) is 0 Å². The van der Waals surface area contributed by atoms with Crippen molar-refractivity contribution in [3.8, 4) is 0 Å². The largest absolute Gasteiger partial charge is 0.355 e. The normalized spacial score (nSPS) is 28.9. The Morgan fingerprint density at radius 3 is 3.00 bits per heavy atom. The molecule has 2 aliphatic heterocycles. The molecule has 0 spiro atoms. The Morgan fingerprint density at radius 1 is 1.42 bits per heavy atom. The number of nitrogens with one attached hydrogen (secondary N) is 2. The Bertz CT molecular complexity index is 281. The van der Waals surface area contributed by atoms with Crippen LogP contribution in [0.25, 0.3) is 0 Å². The van der Waals surface area contributed by atoms with E-state index in [2.05, 4.69) is 22.5 Å². The van der Waals surface area contributed by atoms with Crippen LogP contribution in [-0.4, -0.2) is 49.1 Å². The zero-order valence-corrected chi connectivity index (χ0v) is 12.5. The molecule has 4 nitrogen and oxygen atoms in total. The van der Waals surface area contributed by atoms with E-state index >= 15 is 0 Å². The highest BCUT2D eigenvalue weighted by Crippen LogP contribution is 2.26. The number of hydrogen-bond donors (Lipinski definition) is 2. The number of carbonyl (C=O) groups is 1. The van der Waals surface area contributed by atoms with Gasteiger partial charge in [-0.05, 0) is 38.6 Å². The zero-order valence-electron chi connectivity index (χ0n) is 12.5. The average molecular weight is 267 g/mol. The maximum atomic E-state index is 12.1. The topological polar surface area (TPSA) is 44.4 Å². The van der Waals surface area contributed by atoms with Gasteiger partial charge in [0.1, 0.15) is 0 Å². The van der Waals surface area contributed by atoms with Gasteiger partial charge in [-0.2, -0.15) is 0 Å². The molecule has 3 atom stereocenters. The molecule has 0 aromatic rings. The molecule has 0 radical (unpaired) electrons. The number of fused-ring (bicyclic) bond motifs is 1. The SMILES string of the molecule is CCCCCNC(=O)C(C)N1CC2CCCNC2C1. The van der Waals surface area contributed by atoms with Crippen LogP contribution in [-0.2, 0) is 4.79 Å². The number of unbranched alkanes of at least 4 members (excludes halogenated alkanes) is 2. The molecule has 0 bridgehead atoms. The third kappa shape index (κ3) is 3.93. The number of piperidine rings is 1. The van der Waals surface area contributed by atoms with Crippen molar-refractivity contribution < 1.29 is 4.79 Å². The third-order valence-electron chi connectivity index (χ3n) is 4.63. The van der Waals surface area contributed by atoms with E-state index in [1.807, 2.05) is 6.92 Å². The Kier molecular flexibility index (Phi) is 5.64. The van der Waals surface area contributed by atoms with Crippen molar-refractivity contribution in [1.82, 2.24) is 15.5 Å². The molecule has 2 rings (SSSR count). The molecule has 110 valence electrons. The summed E-state index contributed by atoms with van der Waals surface area (Å²) in [7, 11) is 0. The third-order valence-corrected chi connectivity index (χ3v) is 4.63. The molecule has 2 fully saturated rings. The average Bonchev–Trinajstić information content (AvgIpc) is 2.86. The Labute approximate surface area is 117 Å². The quantitative estimate of drug-likeness (QED) is 0.714. The first-order valence-corrected chi connectivity index (χ1v) is 7.97. The van der Waals surface area contributed by atoms with Crippen molar-refractivity contribution in [2.45, 2.75) is 58.0 Å². The van der Waals surface area contributed by atoms with E-state index in [-0.39, 0.29) is 11.9 Å². The smallest absolute Gasteiger partial charge is 0.237 e. The van der Waals surface area contributed by atoms with Gasteiger partial charge >= 0.3 is 0 Å². The van der Waals surface area contributed by atoms with Gasteiger partial charge in [0, 0.05) is 25.7 Å². The summed E-state index contributed by atoms with van der Waals surface area (Å²) in [5.74, 6) is 0.957. The maximum Gasteiger partial charge on any atom is 0.237 e. The lowest BCUT2D eigenvalue weighted by atomic mass is 9.94. The predicted molar refractivity (Wildman–Crippen MR) is 78.1 cm³/mol. The predicted octanol–water partition coefficient (Wildman–Crippen LogP) is 1.37. The van der Waals surface area contributed by atoms with Crippen molar-refractivity contribution in [3.63, 3.8) is 0 Å². The summed E-state index contributed by atoms with van der Waals surface area (Å²) in [6, 6.07) is 0.637. The summed E-state index contributed by atoms with van der Waals surface area (Å²) in [6.07, 6.45) is 6.10. The summed E-state index contributed by atoms with van der Waals surface area (Å²) in [5, 5.41) is 6.67. The molecule has 1 amide bonds. The second kappa shape index (κ2) is 7.25. The number of amides is 1. The fourth-order valence-corrected chi connectivity index (χ4v) is 3.30. The summed E-state index contributed by atoms with van der Waals surface area (Å²) in [4.78, 5) is 14.5. The molecule has 2 saturated heterocycles. The van der Waals surface area contributed by atoms with Gasteiger partial charge in [-0.1, -0.05) is 19.8 Å². The monoisotopic (exact) mass is 267 g/mol. The highest BCUT2D eigenvalue weighted by Gasteiger charge is 2.37. The molecule has 2 aliphatic rings. The number of nitrogens with zero attached hydrogens (tertiary/aromatic N) is 1. The van der Waals surface area contributed by atoms with Gasteiger partial charge in [0.2, 0.25) is 5.91 Å². The minimum atomic E-state index is 0.0222. The second-order valence-electron chi connectivity index (χ2n) is 6.09. The molecule has 0 saturated carbocycles. The van der Waals surface area contributed by atoms with Gasteiger partial charge in [0.15, 0.2) is 0 Å². The van der Waals surface area contributed by atoms with E-state index in [9.17, 15) is 4.79 Å². The zero-order chi connectivity index (χ0) is 13.7. The summed E-state index contributed by atoms with van der Waals surface area (Å²) >= 11 is 0. The lowest BCUT2D eigenvalue weighted by molar-refractivity contribution is -0.125. The molecule has 0 aromatic heterocycles. The van der Waals surface area contributed by atoms with Gasteiger partial charge in [-0.25, -0.2) is 0 Å². The maximum absolute atomic E-state index is 12.1. The first-order valence-electron chi connectivity index (χ1n) is 7.97. The van der Waals surface area contributed by atoms with Crippen LogP contribution in [0.5, 0.6) is 0 Å². The summed E-state index contributed by atoms with van der Waals surface area (Å²) in [6.45, 7) is 8.33. The van der Waals surface area contributed by atoms with Crippen molar-refractivity contribution in [2.75, 3.05) is 26.2 Å². The Hall–Kier alpha value is -0.610. The van der Waals surface area contributed by atoms with Gasteiger partial charge < -0.3 is 10.6 Å². The molecule has 19 heavy (non-hydrogen) atoms. The van der Waals surface area contributed by atoms with E-state index in [4.69, 9.17) is 0 Å². The molecule has 2 N–H and O–H groups in total. The fraction of sp³-hybridized carbons (Fsp3) is 0.933. The van der Waals surface area contributed by atoms with E-state index in [1.54, 1.807) is 0 Å². The van der Waals surface area contributed by atoms with Crippen LogP contribution >= 0.6 is 0 Å². The van der Waals surface area contributed by atoms with E-state index in [0.717, 1.165) is 38.5 Å². The lowest BCUT2D eigenvalue weighted by Crippen LogP contribution is -2.45. The van der Waals surface area contributed by atoms with Crippen LogP contribution in [0.1, 0.15) is 46.0 Å². The van der Waals surface area contributed by atoms with Crippen molar-refractivity contribution in [2.24, 2.45) is 5.92 Å². The van der Waals surface area contributed by atoms with Gasteiger partial charge in [0.05, 0.1) is 6.04 Å². The molecular weight excluding hydrogens is 238 g/mol. The highest BCUT2D eigenvalue weighted by atomic mass is 16.2. The molecule has 2 heterocycles. The Balaban J connectivity index is 1.73. The summed E-state index contributed by atoms with van der Waals surface area (Å²) < 4.78 is 0.